The number of halogens is 1. The van der Waals surface area contributed by atoms with Gasteiger partial charge in [0.1, 0.15) is 5.75 Å². The maximum absolute atomic E-state index is 5.78. The second kappa shape index (κ2) is 5.94. The van der Waals surface area contributed by atoms with E-state index in [1.807, 2.05) is 25.4 Å². The maximum atomic E-state index is 5.78. The molecule has 1 aromatic heterocycles. The smallest absolute Gasteiger partial charge is 0.119 e. The van der Waals surface area contributed by atoms with Gasteiger partial charge in [0.15, 0.2) is 0 Å². The highest BCUT2D eigenvalue weighted by atomic mass is 79.9. The lowest BCUT2D eigenvalue weighted by molar-refractivity contribution is 0.303. The first-order valence-electron chi connectivity index (χ1n) is 6.80. The number of pyridine rings is 1. The van der Waals surface area contributed by atoms with Crippen molar-refractivity contribution < 1.29 is 4.74 Å². The second-order valence-electron chi connectivity index (χ2n) is 5.04. The Morgan fingerprint density at radius 3 is 2.55 bits per heavy atom. The lowest BCUT2D eigenvalue weighted by atomic mass is 10.0. The number of hydrogen-bond acceptors (Lipinski definition) is 3. The van der Waals surface area contributed by atoms with Crippen LogP contribution in [0, 0.1) is 0 Å². The Balaban J connectivity index is 1.81. The number of nitrogens with one attached hydrogen (secondary N) is 1. The van der Waals surface area contributed by atoms with E-state index in [1.165, 1.54) is 18.4 Å². The quantitative estimate of drug-likeness (QED) is 0.906. The van der Waals surface area contributed by atoms with Gasteiger partial charge in [-0.3, -0.25) is 4.98 Å². The largest absolute Gasteiger partial charge is 0.490 e. The zero-order valence-electron chi connectivity index (χ0n) is 11.3. The number of rotatable bonds is 5. The average molecular weight is 333 g/mol. The van der Waals surface area contributed by atoms with Crippen molar-refractivity contribution in [2.24, 2.45) is 0 Å². The summed E-state index contributed by atoms with van der Waals surface area (Å²) in [4.78, 5) is 4.23. The van der Waals surface area contributed by atoms with Gasteiger partial charge in [0.25, 0.3) is 0 Å². The molecule has 1 aliphatic carbocycles. The minimum atomic E-state index is 0.134. The second-order valence-corrected chi connectivity index (χ2v) is 5.96. The Morgan fingerprint density at radius 1 is 1.20 bits per heavy atom. The lowest BCUT2D eigenvalue weighted by Crippen LogP contribution is -2.17. The molecule has 0 saturated heterocycles. The Labute approximate surface area is 127 Å². The van der Waals surface area contributed by atoms with Gasteiger partial charge in [-0.25, -0.2) is 0 Å². The molecule has 0 aliphatic heterocycles. The van der Waals surface area contributed by atoms with Gasteiger partial charge >= 0.3 is 0 Å². The first-order valence-corrected chi connectivity index (χ1v) is 7.60. The molecule has 1 aliphatic rings. The van der Waals surface area contributed by atoms with Crippen LogP contribution in [0.5, 0.6) is 5.75 Å². The maximum Gasteiger partial charge on any atom is 0.119 e. The zero-order valence-corrected chi connectivity index (χ0v) is 12.9. The van der Waals surface area contributed by atoms with Crippen molar-refractivity contribution in [3.63, 3.8) is 0 Å². The van der Waals surface area contributed by atoms with Gasteiger partial charge in [-0.1, -0.05) is 12.1 Å². The lowest BCUT2D eigenvalue weighted by Gasteiger charge is -2.17. The minimum Gasteiger partial charge on any atom is -0.490 e. The van der Waals surface area contributed by atoms with Crippen LogP contribution in [0.25, 0.3) is 0 Å². The molecule has 0 amide bonds. The van der Waals surface area contributed by atoms with Crippen molar-refractivity contribution in [2.75, 3.05) is 7.05 Å². The SMILES string of the molecule is CNC(c1ccc(OC2CC2)cc1)c1cncc(Br)c1. The van der Waals surface area contributed by atoms with Gasteiger partial charge in [0.2, 0.25) is 0 Å². The molecule has 104 valence electrons. The van der Waals surface area contributed by atoms with Crippen molar-refractivity contribution in [1.82, 2.24) is 10.3 Å². The number of hydrogen-bond donors (Lipinski definition) is 1. The van der Waals surface area contributed by atoms with Gasteiger partial charge < -0.3 is 10.1 Å². The predicted molar refractivity (Wildman–Crippen MR) is 82.9 cm³/mol. The van der Waals surface area contributed by atoms with Crippen LogP contribution in [-0.4, -0.2) is 18.1 Å². The molecule has 1 N–H and O–H groups in total. The van der Waals surface area contributed by atoms with Crippen LogP contribution in [0.4, 0.5) is 0 Å². The molecule has 1 fully saturated rings. The van der Waals surface area contributed by atoms with E-state index in [1.54, 1.807) is 6.20 Å². The van der Waals surface area contributed by atoms with Crippen LogP contribution in [0.1, 0.15) is 30.0 Å². The van der Waals surface area contributed by atoms with E-state index in [2.05, 4.69) is 44.4 Å². The molecular weight excluding hydrogens is 316 g/mol. The highest BCUT2D eigenvalue weighted by molar-refractivity contribution is 9.10. The molecule has 1 unspecified atom stereocenters. The molecule has 0 radical (unpaired) electrons. The average Bonchev–Trinajstić information content (AvgIpc) is 3.26. The van der Waals surface area contributed by atoms with Crippen molar-refractivity contribution in [1.29, 1.82) is 0 Å². The minimum absolute atomic E-state index is 0.134. The van der Waals surface area contributed by atoms with Crippen LogP contribution in [0.3, 0.4) is 0 Å². The molecular formula is C16H17BrN2O. The molecule has 1 saturated carbocycles. The fourth-order valence-corrected chi connectivity index (χ4v) is 2.61. The Kier molecular flexibility index (Phi) is 4.03. The van der Waals surface area contributed by atoms with Crippen LogP contribution < -0.4 is 10.1 Å². The highest BCUT2D eigenvalue weighted by Gasteiger charge is 2.23. The van der Waals surface area contributed by atoms with Gasteiger partial charge in [0, 0.05) is 16.9 Å². The van der Waals surface area contributed by atoms with E-state index in [0.29, 0.717) is 6.10 Å². The Bertz CT molecular complexity index is 581. The molecule has 2 aromatic rings. The molecule has 4 heteroatoms. The summed E-state index contributed by atoms with van der Waals surface area (Å²) in [6, 6.07) is 10.5. The molecule has 3 rings (SSSR count). The summed E-state index contributed by atoms with van der Waals surface area (Å²) in [5.41, 5.74) is 2.34. The normalized spacial score (nSPS) is 15.9. The summed E-state index contributed by atoms with van der Waals surface area (Å²) >= 11 is 3.47. The number of aromatic nitrogens is 1. The first kappa shape index (κ1) is 13.6. The number of nitrogens with zero attached hydrogens (tertiary/aromatic N) is 1. The van der Waals surface area contributed by atoms with Crippen LogP contribution in [-0.2, 0) is 0 Å². The summed E-state index contributed by atoms with van der Waals surface area (Å²) in [7, 11) is 1.96. The summed E-state index contributed by atoms with van der Waals surface area (Å²) in [6.45, 7) is 0. The number of benzene rings is 1. The molecule has 0 spiro atoms. The zero-order chi connectivity index (χ0) is 13.9. The van der Waals surface area contributed by atoms with Crippen molar-refractivity contribution in [2.45, 2.75) is 25.0 Å². The summed E-state index contributed by atoms with van der Waals surface area (Å²) < 4.78 is 6.77. The van der Waals surface area contributed by atoms with Gasteiger partial charge in [-0.05, 0) is 65.1 Å². The van der Waals surface area contributed by atoms with Crippen molar-refractivity contribution in [3.8, 4) is 5.75 Å². The third kappa shape index (κ3) is 3.19. The van der Waals surface area contributed by atoms with Gasteiger partial charge in [-0.2, -0.15) is 0 Å². The third-order valence-electron chi connectivity index (χ3n) is 3.39. The predicted octanol–water partition coefficient (Wildman–Crippen LogP) is 3.69. The fraction of sp³-hybridized carbons (Fsp3) is 0.312. The summed E-state index contributed by atoms with van der Waals surface area (Å²) in [5.74, 6) is 0.957. The fourth-order valence-electron chi connectivity index (χ4n) is 2.23. The molecule has 3 nitrogen and oxygen atoms in total. The van der Waals surface area contributed by atoms with E-state index in [4.69, 9.17) is 4.74 Å². The molecule has 1 aromatic carbocycles. The van der Waals surface area contributed by atoms with Crippen molar-refractivity contribution >= 4 is 15.9 Å². The van der Waals surface area contributed by atoms with Crippen LogP contribution in [0.2, 0.25) is 0 Å². The van der Waals surface area contributed by atoms with Crippen LogP contribution >= 0.6 is 15.9 Å². The highest BCUT2D eigenvalue weighted by Crippen LogP contribution is 2.29. The Hall–Kier alpha value is -1.39. The Morgan fingerprint density at radius 2 is 1.95 bits per heavy atom. The van der Waals surface area contributed by atoms with E-state index in [9.17, 15) is 0 Å². The molecule has 1 atom stereocenters. The first-order chi connectivity index (χ1) is 9.76. The monoisotopic (exact) mass is 332 g/mol. The standard InChI is InChI=1S/C16H17BrN2O/c1-18-16(12-8-13(17)10-19-9-12)11-2-4-14(5-3-11)20-15-6-7-15/h2-5,8-10,15-16,18H,6-7H2,1H3. The van der Waals surface area contributed by atoms with E-state index < -0.39 is 0 Å². The van der Waals surface area contributed by atoms with Gasteiger partial charge in [-0.15, -0.1) is 0 Å². The van der Waals surface area contributed by atoms with Gasteiger partial charge in [0.05, 0.1) is 12.1 Å². The molecule has 20 heavy (non-hydrogen) atoms. The molecule has 0 bridgehead atoms. The summed E-state index contributed by atoms with van der Waals surface area (Å²) in [6.07, 6.45) is 6.49. The topological polar surface area (TPSA) is 34.1 Å². The van der Waals surface area contributed by atoms with E-state index in [0.717, 1.165) is 15.8 Å². The molecule has 1 heterocycles. The van der Waals surface area contributed by atoms with Crippen LogP contribution in [0.15, 0.2) is 47.2 Å². The van der Waals surface area contributed by atoms with Crippen molar-refractivity contribution in [3.05, 3.63) is 58.3 Å². The third-order valence-corrected chi connectivity index (χ3v) is 3.82. The number of ether oxygens (including phenoxy) is 1. The summed E-state index contributed by atoms with van der Waals surface area (Å²) in [5, 5.41) is 3.33. The van der Waals surface area contributed by atoms with E-state index in [-0.39, 0.29) is 6.04 Å². The van der Waals surface area contributed by atoms with E-state index >= 15 is 0 Å².